The lowest BCUT2D eigenvalue weighted by Crippen LogP contribution is -2.29. The van der Waals surface area contributed by atoms with Gasteiger partial charge in [0.2, 0.25) is 5.82 Å². The zero-order valence-electron chi connectivity index (χ0n) is 17.4. The standard InChI is InChI=1S/C21H29F3N4O2/c1-3-5-6-7-12-27(4-2)13-14-28-18-10-8-16(9-11-19(29)26-30)15-17(18)25-20(28)21(22,23)24/h8-11,15,30H,3-7,12-14H2,1-2H3,(H,26,29). The quantitative estimate of drug-likeness (QED) is 0.241. The Balaban J connectivity index is 2.24. The lowest BCUT2D eigenvalue weighted by atomic mass is 10.2. The third-order valence-corrected chi connectivity index (χ3v) is 4.98. The molecular weight excluding hydrogens is 397 g/mol. The Morgan fingerprint density at radius 3 is 2.63 bits per heavy atom. The summed E-state index contributed by atoms with van der Waals surface area (Å²) in [4.78, 5) is 17.1. The second-order valence-electron chi connectivity index (χ2n) is 7.14. The summed E-state index contributed by atoms with van der Waals surface area (Å²) in [7, 11) is 0. The van der Waals surface area contributed by atoms with Crippen molar-refractivity contribution in [3.63, 3.8) is 0 Å². The number of carbonyl (C=O) groups excluding carboxylic acids is 1. The van der Waals surface area contributed by atoms with Gasteiger partial charge in [-0.1, -0.05) is 39.2 Å². The number of aromatic nitrogens is 2. The molecule has 166 valence electrons. The smallest absolute Gasteiger partial charge is 0.319 e. The zero-order chi connectivity index (χ0) is 22.1. The summed E-state index contributed by atoms with van der Waals surface area (Å²) in [6.45, 7) is 6.50. The van der Waals surface area contributed by atoms with E-state index in [4.69, 9.17) is 5.21 Å². The second kappa shape index (κ2) is 11.1. The number of likely N-dealkylation sites (N-methyl/N-ethyl adjacent to an activating group) is 1. The molecule has 9 heteroatoms. The van der Waals surface area contributed by atoms with E-state index in [0.29, 0.717) is 17.6 Å². The molecule has 0 bridgehead atoms. The minimum atomic E-state index is -4.57. The van der Waals surface area contributed by atoms with Gasteiger partial charge in [0.05, 0.1) is 11.0 Å². The van der Waals surface area contributed by atoms with Gasteiger partial charge in [0.15, 0.2) is 0 Å². The summed E-state index contributed by atoms with van der Waals surface area (Å²) >= 11 is 0. The van der Waals surface area contributed by atoms with E-state index in [1.165, 1.54) is 28.6 Å². The minimum absolute atomic E-state index is 0.190. The van der Waals surface area contributed by atoms with Crippen molar-refractivity contribution in [3.8, 4) is 0 Å². The highest BCUT2D eigenvalue weighted by Gasteiger charge is 2.37. The molecule has 1 amide bonds. The van der Waals surface area contributed by atoms with Crippen LogP contribution in [0.15, 0.2) is 24.3 Å². The van der Waals surface area contributed by atoms with E-state index in [0.717, 1.165) is 38.4 Å². The number of fused-ring (bicyclic) bond motifs is 1. The summed E-state index contributed by atoms with van der Waals surface area (Å²) in [6.07, 6.45) is 2.38. The number of halogens is 3. The zero-order valence-corrected chi connectivity index (χ0v) is 17.4. The summed E-state index contributed by atoms with van der Waals surface area (Å²) in [5.41, 5.74) is 2.58. The van der Waals surface area contributed by atoms with Crippen molar-refractivity contribution in [2.45, 2.75) is 52.3 Å². The first-order valence-electron chi connectivity index (χ1n) is 10.2. The van der Waals surface area contributed by atoms with Crippen LogP contribution in [0.4, 0.5) is 13.2 Å². The molecule has 6 nitrogen and oxygen atoms in total. The van der Waals surface area contributed by atoms with Gasteiger partial charge in [-0.15, -0.1) is 0 Å². The van der Waals surface area contributed by atoms with Crippen LogP contribution in [0.3, 0.4) is 0 Å². The van der Waals surface area contributed by atoms with Crippen molar-refractivity contribution in [2.75, 3.05) is 19.6 Å². The number of nitrogens with zero attached hydrogens (tertiary/aromatic N) is 3. The monoisotopic (exact) mass is 426 g/mol. The molecule has 0 aliphatic carbocycles. The number of hydroxylamine groups is 1. The van der Waals surface area contributed by atoms with E-state index >= 15 is 0 Å². The number of rotatable bonds is 11. The molecule has 0 fully saturated rings. The minimum Gasteiger partial charge on any atom is -0.319 e. The predicted octanol–water partition coefficient (Wildman–Crippen LogP) is 4.48. The fourth-order valence-electron chi connectivity index (χ4n) is 3.33. The van der Waals surface area contributed by atoms with Gasteiger partial charge in [0.25, 0.3) is 5.91 Å². The molecule has 2 N–H and O–H groups in total. The van der Waals surface area contributed by atoms with Crippen LogP contribution in [-0.4, -0.2) is 45.2 Å². The van der Waals surface area contributed by atoms with E-state index in [1.807, 2.05) is 6.92 Å². The number of hydrogen-bond acceptors (Lipinski definition) is 4. The van der Waals surface area contributed by atoms with Crippen LogP contribution < -0.4 is 5.48 Å². The highest BCUT2D eigenvalue weighted by atomic mass is 19.4. The number of nitrogens with one attached hydrogen (secondary N) is 1. The SMILES string of the molecule is CCCCCCN(CC)CCn1c(C(F)(F)F)nc2cc(C=CC(=O)NO)ccc21. The molecule has 1 aromatic heterocycles. The molecular formula is C21H29F3N4O2. The third kappa shape index (κ3) is 6.56. The van der Waals surface area contributed by atoms with Crippen LogP contribution in [0.25, 0.3) is 17.1 Å². The molecule has 0 radical (unpaired) electrons. The van der Waals surface area contributed by atoms with Crippen molar-refractivity contribution >= 4 is 23.0 Å². The predicted molar refractivity (Wildman–Crippen MR) is 110 cm³/mol. The number of hydrogen-bond donors (Lipinski definition) is 2. The Morgan fingerprint density at radius 1 is 1.23 bits per heavy atom. The van der Waals surface area contributed by atoms with Crippen LogP contribution >= 0.6 is 0 Å². The topological polar surface area (TPSA) is 70.4 Å². The molecule has 30 heavy (non-hydrogen) atoms. The maximum absolute atomic E-state index is 13.6. The van der Waals surface area contributed by atoms with Crippen molar-refractivity contribution in [1.29, 1.82) is 0 Å². The number of carbonyl (C=O) groups is 1. The van der Waals surface area contributed by atoms with Gasteiger partial charge in [-0.05, 0) is 43.3 Å². The molecule has 0 spiro atoms. The fourth-order valence-corrected chi connectivity index (χ4v) is 3.33. The molecule has 0 aliphatic rings. The molecule has 1 aromatic carbocycles. The van der Waals surface area contributed by atoms with Crippen molar-refractivity contribution < 1.29 is 23.2 Å². The summed E-state index contributed by atoms with van der Waals surface area (Å²) in [5, 5.41) is 8.52. The lowest BCUT2D eigenvalue weighted by Gasteiger charge is -2.21. The average Bonchev–Trinajstić information content (AvgIpc) is 3.09. The first-order valence-corrected chi connectivity index (χ1v) is 10.2. The van der Waals surface area contributed by atoms with Crippen molar-refractivity contribution in [3.05, 3.63) is 35.7 Å². The number of unbranched alkanes of at least 4 members (excludes halogenated alkanes) is 3. The van der Waals surface area contributed by atoms with E-state index in [-0.39, 0.29) is 12.1 Å². The van der Waals surface area contributed by atoms with Gasteiger partial charge in [0, 0.05) is 19.2 Å². The fraction of sp³-hybridized carbons (Fsp3) is 0.524. The van der Waals surface area contributed by atoms with Gasteiger partial charge in [-0.25, -0.2) is 10.5 Å². The molecule has 0 atom stereocenters. The Bertz CT molecular complexity index is 862. The van der Waals surface area contributed by atoms with Gasteiger partial charge in [0.1, 0.15) is 0 Å². The number of amides is 1. The van der Waals surface area contributed by atoms with Crippen molar-refractivity contribution in [2.24, 2.45) is 0 Å². The molecule has 0 saturated carbocycles. The van der Waals surface area contributed by atoms with Crippen LogP contribution in [0.5, 0.6) is 0 Å². The maximum Gasteiger partial charge on any atom is 0.449 e. The number of benzene rings is 1. The van der Waals surface area contributed by atoms with Crippen LogP contribution in [-0.2, 0) is 17.5 Å². The van der Waals surface area contributed by atoms with Crippen molar-refractivity contribution in [1.82, 2.24) is 19.9 Å². The van der Waals surface area contributed by atoms with Crippen LogP contribution in [0.1, 0.15) is 50.9 Å². The number of imidazole rings is 1. The van der Waals surface area contributed by atoms with E-state index in [9.17, 15) is 18.0 Å². The average molecular weight is 426 g/mol. The summed E-state index contributed by atoms with van der Waals surface area (Å²) < 4.78 is 42.0. The highest BCUT2D eigenvalue weighted by Crippen LogP contribution is 2.32. The normalized spacial score (nSPS) is 12.4. The third-order valence-electron chi connectivity index (χ3n) is 4.98. The van der Waals surface area contributed by atoms with Crippen LogP contribution in [0, 0.1) is 0 Å². The van der Waals surface area contributed by atoms with E-state index in [1.54, 1.807) is 12.1 Å². The molecule has 2 rings (SSSR count). The van der Waals surface area contributed by atoms with Gasteiger partial charge < -0.3 is 9.47 Å². The second-order valence-corrected chi connectivity index (χ2v) is 7.14. The maximum atomic E-state index is 13.6. The summed E-state index contributed by atoms with van der Waals surface area (Å²) in [6, 6.07) is 4.68. The molecule has 0 saturated heterocycles. The Morgan fingerprint density at radius 2 is 2.00 bits per heavy atom. The Hall–Kier alpha value is -2.39. The van der Waals surface area contributed by atoms with E-state index in [2.05, 4.69) is 16.8 Å². The Kier molecular flexibility index (Phi) is 8.86. The molecule has 0 unspecified atom stereocenters. The molecule has 1 heterocycles. The van der Waals surface area contributed by atoms with Gasteiger partial charge in [-0.2, -0.15) is 13.2 Å². The Labute approximate surface area is 174 Å². The molecule has 0 aliphatic heterocycles. The largest absolute Gasteiger partial charge is 0.449 e. The van der Waals surface area contributed by atoms with Crippen LogP contribution in [0.2, 0.25) is 0 Å². The van der Waals surface area contributed by atoms with E-state index < -0.39 is 17.9 Å². The van der Waals surface area contributed by atoms with Gasteiger partial charge >= 0.3 is 6.18 Å². The first-order chi connectivity index (χ1) is 14.3. The first kappa shape index (κ1) is 23.9. The summed E-state index contributed by atoms with van der Waals surface area (Å²) in [5.74, 6) is -1.65. The number of alkyl halides is 3. The van der Waals surface area contributed by atoms with Gasteiger partial charge in [-0.3, -0.25) is 10.0 Å². The highest BCUT2D eigenvalue weighted by molar-refractivity contribution is 5.91. The lowest BCUT2D eigenvalue weighted by molar-refractivity contribution is -0.147. The molecule has 2 aromatic rings.